The Balaban J connectivity index is 1.82. The molecule has 0 amide bonds. The van der Waals surface area contributed by atoms with Crippen LogP contribution in [0, 0.1) is 0 Å². The molecule has 0 bridgehead atoms. The molecule has 2 aromatic rings. The zero-order valence-corrected chi connectivity index (χ0v) is 15.1. The molecule has 0 spiro atoms. The highest BCUT2D eigenvalue weighted by molar-refractivity contribution is 5.67. The van der Waals surface area contributed by atoms with Gasteiger partial charge in [-0.3, -0.25) is 13.9 Å². The molecule has 0 radical (unpaired) electrons. The van der Waals surface area contributed by atoms with Crippen molar-refractivity contribution >= 4 is 11.2 Å². The van der Waals surface area contributed by atoms with Crippen LogP contribution in [0.3, 0.4) is 0 Å². The molecule has 25 heavy (non-hydrogen) atoms. The molecule has 1 atom stereocenters. The van der Waals surface area contributed by atoms with Gasteiger partial charge in [0.25, 0.3) is 5.56 Å². The Morgan fingerprint density at radius 2 is 1.60 bits per heavy atom. The van der Waals surface area contributed by atoms with Crippen LogP contribution in [0.4, 0.5) is 0 Å². The summed E-state index contributed by atoms with van der Waals surface area (Å²) in [4.78, 5) is 32.9. The average Bonchev–Trinajstić information content (AvgIpc) is 2.60. The summed E-state index contributed by atoms with van der Waals surface area (Å²) in [6.07, 6.45) is 11.0. The van der Waals surface area contributed by atoms with E-state index in [0.717, 1.165) is 44.9 Å². The second-order valence-electron chi connectivity index (χ2n) is 6.64. The summed E-state index contributed by atoms with van der Waals surface area (Å²) in [5, 5.41) is 9.20. The van der Waals surface area contributed by atoms with Crippen LogP contribution in [0.2, 0.25) is 0 Å². The number of aliphatic hydroxyl groups excluding tert-OH is 1. The van der Waals surface area contributed by atoms with Crippen LogP contribution in [0.25, 0.3) is 11.2 Å². The normalized spacial score (nSPS) is 12.6. The third kappa shape index (κ3) is 5.22. The first-order valence-electron chi connectivity index (χ1n) is 9.11. The predicted octanol–water partition coefficient (Wildman–Crippen LogP) is 1.99. The number of aryl methyl sites for hydroxylation is 1. The lowest BCUT2D eigenvalue weighted by Gasteiger charge is -2.09. The molecule has 0 fully saturated rings. The van der Waals surface area contributed by atoms with Crippen LogP contribution in [0.15, 0.2) is 22.0 Å². The molecule has 2 heterocycles. The van der Waals surface area contributed by atoms with Crippen LogP contribution in [-0.2, 0) is 13.6 Å². The van der Waals surface area contributed by atoms with Crippen LogP contribution in [0.1, 0.15) is 58.3 Å². The number of fused-ring (bicyclic) bond motifs is 1. The standard InChI is InChI=1S/C18H28N4O3/c1-14(23)10-8-6-4-3-5-7-9-13-22-17(24)15-16(20-12-11-19-15)21(2)18(22)25/h11-12,14,23H,3-10,13H2,1-2H3. The van der Waals surface area contributed by atoms with Gasteiger partial charge in [-0.25, -0.2) is 14.8 Å². The van der Waals surface area contributed by atoms with Gasteiger partial charge in [0.05, 0.1) is 6.10 Å². The molecule has 2 aromatic heterocycles. The van der Waals surface area contributed by atoms with E-state index in [0.29, 0.717) is 12.2 Å². The van der Waals surface area contributed by atoms with Crippen molar-refractivity contribution in [3.05, 3.63) is 33.2 Å². The Labute approximate surface area is 147 Å². The molecule has 0 aliphatic carbocycles. The Bertz CT molecular complexity index is 795. The monoisotopic (exact) mass is 348 g/mol. The highest BCUT2D eigenvalue weighted by Gasteiger charge is 2.12. The fraction of sp³-hybridized carbons (Fsp3) is 0.667. The molecule has 7 heteroatoms. The van der Waals surface area contributed by atoms with Gasteiger partial charge >= 0.3 is 5.69 Å². The Hall–Kier alpha value is -2.02. The Kier molecular flexibility index (Phi) is 7.31. The van der Waals surface area contributed by atoms with E-state index in [9.17, 15) is 14.7 Å². The summed E-state index contributed by atoms with van der Waals surface area (Å²) < 4.78 is 2.64. The van der Waals surface area contributed by atoms with E-state index in [4.69, 9.17) is 0 Å². The summed E-state index contributed by atoms with van der Waals surface area (Å²) in [6.45, 7) is 2.24. The molecule has 0 saturated carbocycles. The minimum absolute atomic E-state index is 0.201. The lowest BCUT2D eigenvalue weighted by molar-refractivity contribution is 0.180. The lowest BCUT2D eigenvalue weighted by atomic mass is 10.1. The molecule has 0 aliphatic heterocycles. The van der Waals surface area contributed by atoms with Gasteiger partial charge in [0.1, 0.15) is 0 Å². The maximum absolute atomic E-state index is 12.4. The fourth-order valence-electron chi connectivity index (χ4n) is 3.00. The van der Waals surface area contributed by atoms with E-state index in [-0.39, 0.29) is 22.9 Å². The number of rotatable bonds is 10. The number of aliphatic hydroxyl groups is 1. The van der Waals surface area contributed by atoms with Crippen molar-refractivity contribution in [2.24, 2.45) is 7.05 Å². The van der Waals surface area contributed by atoms with Crippen molar-refractivity contribution in [2.75, 3.05) is 0 Å². The topological polar surface area (TPSA) is 90.0 Å². The molecule has 7 nitrogen and oxygen atoms in total. The SMILES string of the molecule is CC(O)CCCCCCCCCn1c(=O)c2nccnc2n(C)c1=O. The maximum atomic E-state index is 12.4. The van der Waals surface area contributed by atoms with E-state index >= 15 is 0 Å². The molecule has 138 valence electrons. The van der Waals surface area contributed by atoms with Gasteiger partial charge in [-0.15, -0.1) is 0 Å². The molecule has 0 aliphatic rings. The zero-order valence-electron chi connectivity index (χ0n) is 15.1. The van der Waals surface area contributed by atoms with Gasteiger partial charge in [0, 0.05) is 26.0 Å². The molecule has 1 N–H and O–H groups in total. The van der Waals surface area contributed by atoms with Crippen LogP contribution < -0.4 is 11.2 Å². The molecular weight excluding hydrogens is 320 g/mol. The molecule has 0 saturated heterocycles. The number of nitrogens with zero attached hydrogens (tertiary/aromatic N) is 4. The minimum atomic E-state index is -0.357. The highest BCUT2D eigenvalue weighted by Crippen LogP contribution is 2.10. The summed E-state index contributed by atoms with van der Waals surface area (Å²) in [6, 6.07) is 0. The summed E-state index contributed by atoms with van der Waals surface area (Å²) in [5.74, 6) is 0. The van der Waals surface area contributed by atoms with Gasteiger partial charge in [0.2, 0.25) is 0 Å². The Morgan fingerprint density at radius 3 is 2.28 bits per heavy atom. The fourth-order valence-corrected chi connectivity index (χ4v) is 3.00. The molecule has 2 rings (SSSR count). The van der Waals surface area contributed by atoms with Gasteiger partial charge < -0.3 is 5.11 Å². The maximum Gasteiger partial charge on any atom is 0.332 e. The van der Waals surface area contributed by atoms with Crippen molar-refractivity contribution in [1.29, 1.82) is 0 Å². The molecule has 0 aromatic carbocycles. The van der Waals surface area contributed by atoms with Gasteiger partial charge in [-0.1, -0.05) is 38.5 Å². The van der Waals surface area contributed by atoms with Crippen LogP contribution >= 0.6 is 0 Å². The summed E-state index contributed by atoms with van der Waals surface area (Å²) >= 11 is 0. The van der Waals surface area contributed by atoms with Gasteiger partial charge in [-0.05, 0) is 19.8 Å². The third-order valence-corrected chi connectivity index (χ3v) is 4.47. The van der Waals surface area contributed by atoms with E-state index < -0.39 is 0 Å². The average molecular weight is 348 g/mol. The largest absolute Gasteiger partial charge is 0.393 e. The number of unbranched alkanes of at least 4 members (excludes halogenated alkanes) is 6. The summed E-state index contributed by atoms with van der Waals surface area (Å²) in [5.41, 5.74) is -0.130. The second kappa shape index (κ2) is 9.46. The van der Waals surface area contributed by atoms with E-state index in [1.807, 2.05) is 6.92 Å². The highest BCUT2D eigenvalue weighted by atomic mass is 16.3. The van der Waals surface area contributed by atoms with Crippen molar-refractivity contribution in [2.45, 2.75) is 70.9 Å². The summed E-state index contributed by atoms with van der Waals surface area (Å²) in [7, 11) is 1.61. The first kappa shape index (κ1) is 19.3. The van der Waals surface area contributed by atoms with Gasteiger partial charge in [-0.2, -0.15) is 0 Å². The van der Waals surface area contributed by atoms with E-state index in [1.54, 1.807) is 7.05 Å². The number of hydrogen-bond donors (Lipinski definition) is 1. The quantitative estimate of drug-likeness (QED) is 0.663. The predicted molar refractivity (Wildman–Crippen MR) is 97.7 cm³/mol. The zero-order chi connectivity index (χ0) is 18.2. The van der Waals surface area contributed by atoms with Crippen LogP contribution in [-0.4, -0.2) is 30.3 Å². The van der Waals surface area contributed by atoms with Gasteiger partial charge in [0.15, 0.2) is 11.2 Å². The number of hydrogen-bond acceptors (Lipinski definition) is 5. The number of aromatic nitrogens is 4. The third-order valence-electron chi connectivity index (χ3n) is 4.47. The smallest absolute Gasteiger partial charge is 0.332 e. The second-order valence-corrected chi connectivity index (χ2v) is 6.64. The van der Waals surface area contributed by atoms with Crippen molar-refractivity contribution in [3.8, 4) is 0 Å². The lowest BCUT2D eigenvalue weighted by Crippen LogP contribution is -2.39. The van der Waals surface area contributed by atoms with Crippen molar-refractivity contribution < 1.29 is 5.11 Å². The first-order valence-corrected chi connectivity index (χ1v) is 9.11. The first-order chi connectivity index (χ1) is 12.0. The molecular formula is C18H28N4O3. The Morgan fingerprint density at radius 1 is 1.00 bits per heavy atom. The molecule has 1 unspecified atom stereocenters. The van der Waals surface area contributed by atoms with E-state index in [2.05, 4.69) is 9.97 Å². The van der Waals surface area contributed by atoms with Crippen molar-refractivity contribution in [3.63, 3.8) is 0 Å². The van der Waals surface area contributed by atoms with Crippen molar-refractivity contribution in [1.82, 2.24) is 19.1 Å². The van der Waals surface area contributed by atoms with Crippen LogP contribution in [0.5, 0.6) is 0 Å². The van der Waals surface area contributed by atoms with E-state index in [1.165, 1.54) is 27.9 Å². The minimum Gasteiger partial charge on any atom is -0.393 e.